The number of fused-ring (bicyclic) bond motifs is 1. The zero-order valence-electron chi connectivity index (χ0n) is 19.9. The lowest BCUT2D eigenvalue weighted by atomic mass is 9.94. The Hall–Kier alpha value is -4.52. The third-order valence-electron chi connectivity index (χ3n) is 6.22. The highest BCUT2D eigenvalue weighted by atomic mass is 16.5. The summed E-state index contributed by atoms with van der Waals surface area (Å²) in [6.45, 7) is 2.46. The molecule has 7 heteroatoms. The number of carbonyl (C=O) groups excluding carboxylic acids is 2. The van der Waals surface area contributed by atoms with Crippen molar-refractivity contribution in [1.29, 1.82) is 0 Å². The van der Waals surface area contributed by atoms with E-state index < -0.39 is 23.5 Å². The molecule has 1 aliphatic heterocycles. The van der Waals surface area contributed by atoms with E-state index in [2.05, 4.69) is 0 Å². The van der Waals surface area contributed by atoms with Crippen molar-refractivity contribution in [3.63, 3.8) is 0 Å². The van der Waals surface area contributed by atoms with Crippen LogP contribution in [0.2, 0.25) is 0 Å². The van der Waals surface area contributed by atoms with Gasteiger partial charge in [-0.3, -0.25) is 9.59 Å². The summed E-state index contributed by atoms with van der Waals surface area (Å²) in [5.41, 5.74) is 1.88. The monoisotopic (exact) mass is 483 g/mol. The van der Waals surface area contributed by atoms with Crippen LogP contribution >= 0.6 is 0 Å². The summed E-state index contributed by atoms with van der Waals surface area (Å²) in [7, 11) is 1.56. The van der Waals surface area contributed by atoms with E-state index in [0.717, 1.165) is 10.9 Å². The van der Waals surface area contributed by atoms with Crippen LogP contribution in [0.25, 0.3) is 11.0 Å². The van der Waals surface area contributed by atoms with Crippen molar-refractivity contribution in [3.05, 3.63) is 107 Å². The number of rotatable bonds is 8. The molecule has 0 spiro atoms. The van der Waals surface area contributed by atoms with Gasteiger partial charge in [0.25, 0.3) is 5.91 Å². The topological polar surface area (TPSA) is 89.2 Å². The van der Waals surface area contributed by atoms with E-state index in [-0.39, 0.29) is 17.9 Å². The number of hydrogen-bond donors (Lipinski definition) is 1. The Morgan fingerprint density at radius 1 is 1.03 bits per heavy atom. The molecule has 5 rings (SSSR count). The smallest absolute Gasteiger partial charge is 0.290 e. The lowest BCUT2D eigenvalue weighted by molar-refractivity contribution is -0.130. The molecular weight excluding hydrogens is 458 g/mol. The number of furan rings is 1. The van der Waals surface area contributed by atoms with Crippen LogP contribution in [-0.4, -0.2) is 35.4 Å². The predicted molar refractivity (Wildman–Crippen MR) is 134 cm³/mol. The van der Waals surface area contributed by atoms with Gasteiger partial charge >= 0.3 is 0 Å². The van der Waals surface area contributed by atoms with Gasteiger partial charge in [-0.1, -0.05) is 48.5 Å². The van der Waals surface area contributed by atoms with Crippen molar-refractivity contribution in [2.24, 2.45) is 0 Å². The zero-order chi connectivity index (χ0) is 25.2. The van der Waals surface area contributed by atoms with Crippen molar-refractivity contribution in [3.8, 4) is 11.5 Å². The van der Waals surface area contributed by atoms with E-state index >= 15 is 0 Å². The molecule has 0 saturated heterocycles. The summed E-state index contributed by atoms with van der Waals surface area (Å²) in [6.07, 6.45) is 0. The van der Waals surface area contributed by atoms with Crippen LogP contribution in [0.5, 0.6) is 11.5 Å². The van der Waals surface area contributed by atoms with Gasteiger partial charge in [0.2, 0.25) is 5.78 Å². The number of aliphatic hydroxyl groups is 1. The van der Waals surface area contributed by atoms with Gasteiger partial charge in [0.05, 0.1) is 31.9 Å². The Kier molecular flexibility index (Phi) is 6.21. The summed E-state index contributed by atoms with van der Waals surface area (Å²) in [4.78, 5) is 28.6. The quantitative estimate of drug-likeness (QED) is 0.327. The molecule has 1 amide bonds. The first kappa shape index (κ1) is 23.2. The van der Waals surface area contributed by atoms with Crippen LogP contribution in [0.15, 0.2) is 94.6 Å². The minimum absolute atomic E-state index is 0.0393. The Balaban J connectivity index is 1.61. The van der Waals surface area contributed by atoms with Crippen LogP contribution in [0.3, 0.4) is 0 Å². The summed E-state index contributed by atoms with van der Waals surface area (Å²) in [6, 6.07) is 22.5. The first-order valence-electron chi connectivity index (χ1n) is 11.6. The minimum Gasteiger partial charge on any atom is -0.503 e. The van der Waals surface area contributed by atoms with Crippen LogP contribution in [0.1, 0.15) is 34.6 Å². The molecule has 2 heterocycles. The zero-order valence-corrected chi connectivity index (χ0v) is 19.9. The number of ether oxygens (including phenoxy) is 2. The second-order valence-corrected chi connectivity index (χ2v) is 8.39. The van der Waals surface area contributed by atoms with E-state index in [1.807, 2.05) is 43.3 Å². The van der Waals surface area contributed by atoms with E-state index in [4.69, 9.17) is 13.9 Å². The number of benzene rings is 3. The molecule has 36 heavy (non-hydrogen) atoms. The normalized spacial score (nSPS) is 15.6. The summed E-state index contributed by atoms with van der Waals surface area (Å²) < 4.78 is 16.9. The highest BCUT2D eigenvalue weighted by Gasteiger charge is 2.45. The number of hydrogen-bond acceptors (Lipinski definition) is 6. The largest absolute Gasteiger partial charge is 0.503 e. The summed E-state index contributed by atoms with van der Waals surface area (Å²) in [5.74, 6) is -0.540. The molecular formula is C29H25NO6. The Labute approximate surface area is 208 Å². The van der Waals surface area contributed by atoms with Gasteiger partial charge in [-0.2, -0.15) is 0 Å². The fourth-order valence-corrected chi connectivity index (χ4v) is 4.58. The second kappa shape index (κ2) is 9.62. The molecule has 1 unspecified atom stereocenters. The number of aliphatic hydroxyl groups excluding tert-OH is 1. The van der Waals surface area contributed by atoms with E-state index in [1.165, 1.54) is 4.90 Å². The standard InChI is InChI=1S/C29H25NO6/c1-3-35-21-12-8-11-19(15-21)26-25(27(31)24-16-18-9-4-7-14-23(18)36-24)28(32)29(33)30(26)17-20-10-5-6-13-22(20)34-2/h4-16,26,32H,3,17H2,1-2H3. The van der Waals surface area contributed by atoms with Gasteiger partial charge in [-0.05, 0) is 42.8 Å². The number of nitrogens with zero attached hydrogens (tertiary/aromatic N) is 1. The Bertz CT molecular complexity index is 1450. The maximum Gasteiger partial charge on any atom is 0.290 e. The number of Topliss-reactive ketones (excluding diaryl/α,β-unsaturated/α-hetero) is 1. The van der Waals surface area contributed by atoms with Gasteiger partial charge in [0, 0.05) is 10.9 Å². The number of carbonyl (C=O) groups is 2. The van der Waals surface area contributed by atoms with Crippen LogP contribution in [-0.2, 0) is 11.3 Å². The SMILES string of the molecule is CCOc1cccc(C2C(C(=O)c3cc4ccccc4o3)=C(O)C(=O)N2Cc2ccccc2OC)c1. The molecule has 1 N–H and O–H groups in total. The maximum atomic E-state index is 13.7. The first-order valence-corrected chi connectivity index (χ1v) is 11.6. The maximum absolute atomic E-state index is 13.7. The summed E-state index contributed by atoms with van der Waals surface area (Å²) >= 11 is 0. The van der Waals surface area contributed by atoms with Gasteiger partial charge < -0.3 is 23.9 Å². The number of ketones is 1. The highest BCUT2D eigenvalue weighted by molar-refractivity contribution is 6.16. The van der Waals surface area contributed by atoms with Gasteiger partial charge in [-0.25, -0.2) is 0 Å². The highest BCUT2D eigenvalue weighted by Crippen LogP contribution is 2.42. The fraction of sp³-hybridized carbons (Fsp3) is 0.172. The van der Waals surface area contributed by atoms with Crippen molar-refractivity contribution in [2.45, 2.75) is 19.5 Å². The minimum atomic E-state index is -0.858. The average molecular weight is 484 g/mol. The van der Waals surface area contributed by atoms with Crippen molar-refractivity contribution < 1.29 is 28.6 Å². The van der Waals surface area contributed by atoms with Crippen LogP contribution < -0.4 is 9.47 Å². The van der Waals surface area contributed by atoms with Crippen molar-refractivity contribution >= 4 is 22.7 Å². The number of para-hydroxylation sites is 2. The molecule has 0 bridgehead atoms. The number of amides is 1. The first-order chi connectivity index (χ1) is 17.5. The molecule has 0 aliphatic carbocycles. The molecule has 0 saturated carbocycles. The molecule has 0 radical (unpaired) electrons. The van der Waals surface area contributed by atoms with E-state index in [9.17, 15) is 14.7 Å². The third-order valence-corrected chi connectivity index (χ3v) is 6.22. The predicted octanol–water partition coefficient (Wildman–Crippen LogP) is 5.62. The molecule has 0 fully saturated rings. The van der Waals surface area contributed by atoms with Crippen LogP contribution in [0.4, 0.5) is 0 Å². The van der Waals surface area contributed by atoms with Gasteiger partial charge in [0.1, 0.15) is 17.1 Å². The molecule has 1 aliphatic rings. The lowest BCUT2D eigenvalue weighted by Crippen LogP contribution is -2.31. The van der Waals surface area contributed by atoms with Crippen molar-refractivity contribution in [2.75, 3.05) is 13.7 Å². The molecule has 4 aromatic rings. The second-order valence-electron chi connectivity index (χ2n) is 8.39. The van der Waals surface area contributed by atoms with Crippen LogP contribution in [0, 0.1) is 0 Å². The lowest BCUT2D eigenvalue weighted by Gasteiger charge is -2.27. The molecule has 1 aromatic heterocycles. The van der Waals surface area contributed by atoms with Gasteiger partial charge in [0.15, 0.2) is 11.5 Å². The Morgan fingerprint density at radius 2 is 1.81 bits per heavy atom. The molecule has 7 nitrogen and oxygen atoms in total. The van der Waals surface area contributed by atoms with Gasteiger partial charge in [-0.15, -0.1) is 0 Å². The molecule has 3 aromatic carbocycles. The van der Waals surface area contributed by atoms with Crippen molar-refractivity contribution in [1.82, 2.24) is 4.90 Å². The number of methoxy groups -OCH3 is 1. The average Bonchev–Trinajstić information content (AvgIpc) is 3.44. The molecule has 182 valence electrons. The summed E-state index contributed by atoms with van der Waals surface area (Å²) in [5, 5.41) is 11.8. The Morgan fingerprint density at radius 3 is 2.58 bits per heavy atom. The third kappa shape index (κ3) is 4.09. The van der Waals surface area contributed by atoms with E-state index in [1.54, 1.807) is 49.6 Å². The van der Waals surface area contributed by atoms with E-state index in [0.29, 0.717) is 29.3 Å². The molecule has 1 atom stereocenters. The fourth-order valence-electron chi connectivity index (χ4n) is 4.58.